The van der Waals surface area contributed by atoms with E-state index >= 15 is 0 Å². The number of hydrogen-bond donors (Lipinski definition) is 4. The van der Waals surface area contributed by atoms with E-state index in [0.29, 0.717) is 11.4 Å². The molecule has 0 aromatic heterocycles. The van der Waals surface area contributed by atoms with Crippen LogP contribution < -0.4 is 20.8 Å². The van der Waals surface area contributed by atoms with Crippen LogP contribution in [0.25, 0.3) is 0 Å². The number of nitrogens with zero attached hydrogens (tertiary/aromatic N) is 8. The zero-order valence-electron chi connectivity index (χ0n) is 25.2. The van der Waals surface area contributed by atoms with E-state index in [9.17, 15) is 19.8 Å². The first-order chi connectivity index (χ1) is 18.4. The number of aliphatic hydroxyl groups excluding tert-OH is 2. The van der Waals surface area contributed by atoms with Crippen LogP contribution >= 0.6 is 0 Å². The van der Waals surface area contributed by atoms with Crippen LogP contribution in [0.15, 0.2) is 33.1 Å². The van der Waals surface area contributed by atoms with Crippen LogP contribution in [0.5, 0.6) is 0 Å². The summed E-state index contributed by atoms with van der Waals surface area (Å²) in [5.41, 5.74) is 0.870. The number of urea groups is 2. The Morgan fingerprint density at radius 3 is 1.25 bits per heavy atom. The molecule has 0 saturated carbocycles. The number of amides is 4. The van der Waals surface area contributed by atoms with E-state index < -0.39 is 12.3 Å². The number of fused-ring (bicyclic) bond motifs is 2. The highest BCUT2D eigenvalue weighted by Gasteiger charge is 2.34. The van der Waals surface area contributed by atoms with Crippen molar-refractivity contribution in [2.45, 2.75) is 12.3 Å². The SMILES string of the molecule is CN1C(=O)N(C)C2N=CNC2=C1[O-].CN1C(=O)N(C)C2N=CNC2=C1[O-].C[N+](C)(C)CCO.C[N+](C)(C)CCO. The van der Waals surface area contributed by atoms with Gasteiger partial charge in [0.25, 0.3) is 0 Å². The lowest BCUT2D eigenvalue weighted by Crippen LogP contribution is -2.52. The molecule has 4 amide bonds. The molecule has 40 heavy (non-hydrogen) atoms. The highest BCUT2D eigenvalue weighted by atomic mass is 16.3. The highest BCUT2D eigenvalue weighted by Crippen LogP contribution is 2.22. The summed E-state index contributed by atoms with van der Waals surface area (Å²) in [6, 6.07) is -0.667. The minimum absolute atomic E-state index is 0.281. The number of aliphatic imine (C=N–C) groups is 2. The van der Waals surface area contributed by atoms with Gasteiger partial charge in [0.15, 0.2) is 12.3 Å². The minimum atomic E-state index is -0.462. The number of nitrogens with one attached hydrogen (secondary N) is 2. The lowest BCUT2D eigenvalue weighted by molar-refractivity contribution is -0.870. The number of likely N-dealkylation sites (N-methyl/N-ethyl adjacent to an activating group) is 4. The Balaban J connectivity index is 0.000000280. The molecule has 2 unspecified atom stereocenters. The van der Waals surface area contributed by atoms with Gasteiger partial charge in [-0.2, -0.15) is 0 Å². The van der Waals surface area contributed by atoms with Gasteiger partial charge in [-0.05, 0) is 11.8 Å². The molecular weight excluding hydrogens is 524 g/mol. The van der Waals surface area contributed by atoms with Crippen molar-refractivity contribution in [2.24, 2.45) is 9.98 Å². The van der Waals surface area contributed by atoms with Gasteiger partial charge in [0.05, 0.1) is 79.6 Å². The molecule has 4 rings (SSSR count). The molecule has 0 fully saturated rings. The molecule has 16 heteroatoms. The van der Waals surface area contributed by atoms with Crippen LogP contribution in [0.1, 0.15) is 0 Å². The second-order valence-corrected chi connectivity index (χ2v) is 11.4. The van der Waals surface area contributed by atoms with Gasteiger partial charge in [-0.15, -0.1) is 0 Å². The average Bonchev–Trinajstić information content (AvgIpc) is 3.54. The Kier molecular flexibility index (Phi) is 12.2. The van der Waals surface area contributed by atoms with Crippen molar-refractivity contribution < 1.29 is 39.0 Å². The summed E-state index contributed by atoms with van der Waals surface area (Å²) < 4.78 is 1.69. The third kappa shape index (κ3) is 9.25. The van der Waals surface area contributed by atoms with Crippen molar-refractivity contribution >= 4 is 24.7 Å². The summed E-state index contributed by atoms with van der Waals surface area (Å²) in [7, 11) is 18.4. The van der Waals surface area contributed by atoms with Crippen LogP contribution in [0.3, 0.4) is 0 Å². The number of carbonyl (C=O) groups is 2. The van der Waals surface area contributed by atoms with Gasteiger partial charge in [0.1, 0.15) is 13.1 Å². The first kappa shape index (κ1) is 34.4. The van der Waals surface area contributed by atoms with E-state index in [-0.39, 0.29) is 37.0 Å². The zero-order chi connectivity index (χ0) is 31.0. The molecule has 0 spiro atoms. The number of hydrogen-bond acceptors (Lipinski definition) is 10. The molecule has 4 aliphatic rings. The van der Waals surface area contributed by atoms with E-state index in [4.69, 9.17) is 10.2 Å². The van der Waals surface area contributed by atoms with Crippen molar-refractivity contribution in [3.63, 3.8) is 0 Å². The monoisotopic (exact) mass is 570 g/mol. The third-order valence-corrected chi connectivity index (χ3v) is 5.91. The second-order valence-electron chi connectivity index (χ2n) is 11.4. The molecule has 0 saturated heterocycles. The summed E-state index contributed by atoms with van der Waals surface area (Å²) in [5, 5.41) is 45.2. The number of aliphatic hydroxyl groups is 2. The minimum Gasteiger partial charge on any atom is -0.859 e. The maximum Gasteiger partial charge on any atom is 0.325 e. The lowest BCUT2D eigenvalue weighted by Gasteiger charge is -2.39. The fourth-order valence-corrected chi connectivity index (χ4v) is 3.40. The Morgan fingerprint density at radius 1 is 0.725 bits per heavy atom. The Bertz CT molecular complexity index is 935. The first-order valence-electron chi connectivity index (χ1n) is 12.6. The van der Waals surface area contributed by atoms with Crippen molar-refractivity contribution in [2.75, 3.05) is 96.8 Å². The summed E-state index contributed by atoms with van der Waals surface area (Å²) >= 11 is 0. The highest BCUT2D eigenvalue weighted by molar-refractivity contribution is 5.80. The van der Waals surface area contributed by atoms with Crippen molar-refractivity contribution in [3.05, 3.63) is 23.2 Å². The van der Waals surface area contributed by atoms with E-state index in [2.05, 4.69) is 62.9 Å². The van der Waals surface area contributed by atoms with Crippen LogP contribution in [0.2, 0.25) is 0 Å². The molecule has 0 bridgehead atoms. The summed E-state index contributed by atoms with van der Waals surface area (Å²) in [4.78, 5) is 35.7. The van der Waals surface area contributed by atoms with Crippen LogP contribution in [0, 0.1) is 0 Å². The quantitative estimate of drug-likeness (QED) is 0.249. The van der Waals surface area contributed by atoms with E-state index in [1.807, 2.05) is 0 Å². The van der Waals surface area contributed by atoms with Gasteiger partial charge in [0, 0.05) is 28.2 Å². The summed E-state index contributed by atoms with van der Waals surface area (Å²) in [5.74, 6) is -0.629. The Labute approximate surface area is 236 Å². The summed E-state index contributed by atoms with van der Waals surface area (Å²) in [6.45, 7) is 2.23. The lowest BCUT2D eigenvalue weighted by atomic mass is 10.3. The zero-order valence-corrected chi connectivity index (χ0v) is 25.2. The molecule has 0 aromatic rings. The average molecular weight is 571 g/mol. The Hall–Kier alpha value is -3.60. The molecule has 0 radical (unpaired) electrons. The summed E-state index contributed by atoms with van der Waals surface area (Å²) in [6.07, 6.45) is 1.94. The predicted octanol–water partition coefficient (Wildman–Crippen LogP) is -3.69. The maximum absolute atomic E-state index is 11.5. The van der Waals surface area contributed by atoms with Gasteiger partial charge in [-0.25, -0.2) is 19.6 Å². The van der Waals surface area contributed by atoms with E-state index in [1.165, 1.54) is 36.6 Å². The molecule has 16 nitrogen and oxygen atoms in total. The van der Waals surface area contributed by atoms with Gasteiger partial charge in [-0.1, -0.05) is 0 Å². The molecule has 0 aliphatic carbocycles. The standard InChI is InChI=1S/2C7H10N4O2.2C5H14NO/c2*1-10-5-4(8-3-9-5)6(12)11(2)7(10)13;2*1-6(2,3)4-5-7/h2*3,5,12H,1-2H3,(H,8,9);2*7H,4-5H2,1-3H3/q;;2*+1/p-2. The maximum atomic E-state index is 11.5. The van der Waals surface area contributed by atoms with Crippen LogP contribution in [0.4, 0.5) is 9.59 Å². The Morgan fingerprint density at radius 2 is 1.02 bits per heavy atom. The fourth-order valence-electron chi connectivity index (χ4n) is 3.40. The first-order valence-corrected chi connectivity index (χ1v) is 12.6. The van der Waals surface area contributed by atoms with Gasteiger partial charge < -0.3 is 49.8 Å². The molecule has 0 aromatic carbocycles. The van der Waals surface area contributed by atoms with Crippen LogP contribution in [-0.2, 0) is 0 Å². The topological polar surface area (TPSA) is 182 Å². The van der Waals surface area contributed by atoms with Gasteiger partial charge in [0.2, 0.25) is 0 Å². The third-order valence-electron chi connectivity index (χ3n) is 5.91. The van der Waals surface area contributed by atoms with Crippen molar-refractivity contribution in [1.29, 1.82) is 0 Å². The van der Waals surface area contributed by atoms with E-state index in [1.54, 1.807) is 14.1 Å². The number of rotatable bonds is 4. The van der Waals surface area contributed by atoms with Crippen LogP contribution in [-0.4, -0.2) is 173 Å². The van der Waals surface area contributed by atoms with Gasteiger partial charge >= 0.3 is 12.1 Å². The van der Waals surface area contributed by atoms with E-state index in [0.717, 1.165) is 31.9 Å². The molecule has 4 N–H and O–H groups in total. The number of carbonyl (C=O) groups excluding carboxylic acids is 2. The van der Waals surface area contributed by atoms with Crippen molar-refractivity contribution in [3.8, 4) is 0 Å². The smallest absolute Gasteiger partial charge is 0.325 e. The normalized spacial score (nSPS) is 21.5. The molecule has 4 heterocycles. The molecule has 4 aliphatic heterocycles. The molecular formula is C24H46N10O6. The number of quaternary nitrogens is 2. The van der Waals surface area contributed by atoms with Crippen molar-refractivity contribution in [1.82, 2.24) is 30.2 Å². The predicted molar refractivity (Wildman–Crippen MR) is 147 cm³/mol. The fraction of sp³-hybridized carbons (Fsp3) is 0.667. The second kappa shape index (κ2) is 14.2. The van der Waals surface area contributed by atoms with Gasteiger partial charge in [-0.3, -0.25) is 9.80 Å². The largest absolute Gasteiger partial charge is 0.859 e. The molecule has 228 valence electrons. The molecule has 2 atom stereocenters.